The van der Waals surface area contributed by atoms with Gasteiger partial charge in [-0.05, 0) is 47.7 Å². The number of aliphatic hydroxyl groups is 1. The molecule has 0 radical (unpaired) electrons. The van der Waals surface area contributed by atoms with Gasteiger partial charge in [0.2, 0.25) is 19.9 Å². The number of carbonyl (C=O) groups excluding carboxylic acids is 1. The summed E-state index contributed by atoms with van der Waals surface area (Å²) in [6.07, 6.45) is 0. The first-order chi connectivity index (χ1) is 17.0. The van der Waals surface area contributed by atoms with Crippen LogP contribution in [0.1, 0.15) is 38.8 Å². The number of fused-ring (bicyclic) bond motifs is 1. The summed E-state index contributed by atoms with van der Waals surface area (Å²) in [4.78, 5) is 14.8. The molecule has 198 valence electrons. The summed E-state index contributed by atoms with van der Waals surface area (Å²) in [6.45, 7) is 6.92. The number of rotatable bonds is 5. The maximum Gasteiger partial charge on any atom is 0.260 e. The Balaban J connectivity index is 1.80. The second-order valence-corrected chi connectivity index (χ2v) is 14.0. The van der Waals surface area contributed by atoms with Gasteiger partial charge in [0.05, 0.1) is 33.0 Å². The average Bonchev–Trinajstić information content (AvgIpc) is 3.01. The van der Waals surface area contributed by atoms with Crippen molar-refractivity contribution in [2.24, 2.45) is 10.6 Å². The van der Waals surface area contributed by atoms with E-state index in [1.807, 2.05) is 20.8 Å². The van der Waals surface area contributed by atoms with Gasteiger partial charge in [0.1, 0.15) is 17.1 Å². The number of nitrogens with two attached hydrogens (primary N) is 1. The van der Waals surface area contributed by atoms with Gasteiger partial charge in [-0.15, -0.1) is 0 Å². The standard InChI is InChI=1S/C25H28FN3O6S2/c1-14-21(28-18-10-7-16(13-36(27,32)33)11-19(18)37(14,34)35)20-22(30)23(25(2,3)4)29(24(20)31)12-15-5-8-17(26)9-6-15/h5-11,23,28,30H,12-13H2,1-4H3,(H2,27,32,33)/t23-/m1/s1. The fraction of sp³-hybridized carbons (Fsp3) is 0.320. The molecule has 2 heterocycles. The van der Waals surface area contributed by atoms with Crippen molar-refractivity contribution in [1.29, 1.82) is 0 Å². The summed E-state index contributed by atoms with van der Waals surface area (Å²) in [5, 5.41) is 19.4. The minimum Gasteiger partial charge on any atom is -0.509 e. The van der Waals surface area contributed by atoms with Gasteiger partial charge in [0.15, 0.2) is 0 Å². The summed E-state index contributed by atoms with van der Waals surface area (Å²) < 4.78 is 63.3. The summed E-state index contributed by atoms with van der Waals surface area (Å²) in [6, 6.07) is 8.91. The van der Waals surface area contributed by atoms with Gasteiger partial charge in [0, 0.05) is 6.54 Å². The normalized spacial score (nSPS) is 19.8. The summed E-state index contributed by atoms with van der Waals surface area (Å²) in [5.41, 5.74) is 0.133. The lowest BCUT2D eigenvalue weighted by Crippen LogP contribution is -2.43. The number of primary sulfonamides is 1. The highest BCUT2D eigenvalue weighted by Crippen LogP contribution is 2.44. The van der Waals surface area contributed by atoms with Gasteiger partial charge in [-0.1, -0.05) is 39.0 Å². The third kappa shape index (κ3) is 5.00. The van der Waals surface area contributed by atoms with Crippen LogP contribution in [0.25, 0.3) is 0 Å². The lowest BCUT2D eigenvalue weighted by Gasteiger charge is -2.35. The molecule has 2 aliphatic heterocycles. The summed E-state index contributed by atoms with van der Waals surface area (Å²) in [5.74, 6) is -1.81. The molecule has 0 saturated carbocycles. The Morgan fingerprint density at radius 3 is 2.27 bits per heavy atom. The molecule has 0 unspecified atom stereocenters. The molecule has 0 spiro atoms. The number of halogens is 1. The molecule has 0 aromatic heterocycles. The molecule has 0 fully saturated rings. The van der Waals surface area contributed by atoms with E-state index >= 15 is 0 Å². The molecule has 0 aliphatic carbocycles. The molecule has 37 heavy (non-hydrogen) atoms. The fourth-order valence-corrected chi connectivity index (χ4v) is 6.80. The first-order valence-electron chi connectivity index (χ1n) is 11.4. The highest BCUT2D eigenvalue weighted by Gasteiger charge is 2.48. The molecular weight excluding hydrogens is 521 g/mol. The largest absolute Gasteiger partial charge is 0.509 e. The topological polar surface area (TPSA) is 147 Å². The van der Waals surface area contributed by atoms with Crippen LogP contribution in [0.3, 0.4) is 0 Å². The molecular formula is C25H28FN3O6S2. The smallest absolute Gasteiger partial charge is 0.260 e. The Hall–Kier alpha value is -3.22. The number of benzene rings is 2. The molecule has 9 nitrogen and oxygen atoms in total. The van der Waals surface area contributed by atoms with Crippen molar-refractivity contribution >= 4 is 31.5 Å². The molecule has 12 heteroatoms. The molecule has 2 aromatic carbocycles. The zero-order valence-electron chi connectivity index (χ0n) is 20.7. The number of allylic oxidation sites excluding steroid dienone is 1. The number of aliphatic hydroxyl groups excluding tert-OH is 1. The van der Waals surface area contributed by atoms with Crippen molar-refractivity contribution in [3.63, 3.8) is 0 Å². The SMILES string of the molecule is CC1=C(C2=C(O)[C@H](C(C)(C)C)N(Cc3ccc(F)cc3)C2=O)Nc2ccc(CS(N)(=O)=O)cc2S1(=O)=O. The van der Waals surface area contributed by atoms with Crippen LogP contribution in [0.5, 0.6) is 0 Å². The number of nitrogens with one attached hydrogen (secondary N) is 1. The highest BCUT2D eigenvalue weighted by atomic mass is 32.2. The number of sulfone groups is 1. The number of nitrogens with zero attached hydrogens (tertiary/aromatic N) is 1. The number of hydrogen-bond acceptors (Lipinski definition) is 7. The Kier molecular flexibility index (Phi) is 6.50. The molecule has 2 aromatic rings. The lowest BCUT2D eigenvalue weighted by atomic mass is 9.85. The molecule has 4 N–H and O–H groups in total. The molecule has 0 bridgehead atoms. The maximum absolute atomic E-state index is 13.7. The van der Waals surface area contributed by atoms with Crippen molar-refractivity contribution in [2.45, 2.75) is 50.9 Å². The van der Waals surface area contributed by atoms with Crippen molar-refractivity contribution < 1.29 is 31.1 Å². The van der Waals surface area contributed by atoms with Gasteiger partial charge in [-0.2, -0.15) is 0 Å². The van der Waals surface area contributed by atoms with Crippen LogP contribution in [0.2, 0.25) is 0 Å². The van der Waals surface area contributed by atoms with Gasteiger partial charge >= 0.3 is 0 Å². The second kappa shape index (κ2) is 8.96. The Morgan fingerprint density at radius 1 is 1.11 bits per heavy atom. The van der Waals surface area contributed by atoms with Gasteiger partial charge in [-0.3, -0.25) is 4.79 Å². The minimum absolute atomic E-state index is 0.0509. The van der Waals surface area contributed by atoms with Crippen molar-refractivity contribution in [2.75, 3.05) is 5.32 Å². The Morgan fingerprint density at radius 2 is 1.70 bits per heavy atom. The van der Waals surface area contributed by atoms with Crippen LogP contribution in [0, 0.1) is 11.2 Å². The quantitative estimate of drug-likeness (QED) is 0.518. The monoisotopic (exact) mass is 549 g/mol. The Bertz CT molecular complexity index is 1570. The second-order valence-electron chi connectivity index (χ2n) is 10.3. The zero-order chi connectivity index (χ0) is 27.5. The predicted octanol–water partition coefficient (Wildman–Crippen LogP) is 3.31. The van der Waals surface area contributed by atoms with Crippen molar-refractivity contribution in [3.05, 3.63) is 81.3 Å². The number of carbonyl (C=O) groups is 1. The van der Waals surface area contributed by atoms with Crippen molar-refractivity contribution in [3.8, 4) is 0 Å². The van der Waals surface area contributed by atoms with E-state index < -0.39 is 48.8 Å². The number of sulfonamides is 1. The Labute approximate surface area is 215 Å². The average molecular weight is 550 g/mol. The molecule has 0 saturated heterocycles. The van der Waals surface area contributed by atoms with Gasteiger partial charge in [0.25, 0.3) is 5.91 Å². The van der Waals surface area contributed by atoms with Crippen LogP contribution in [0.15, 0.2) is 69.3 Å². The summed E-state index contributed by atoms with van der Waals surface area (Å²) in [7, 11) is -8.03. The van der Waals surface area contributed by atoms with E-state index in [0.29, 0.717) is 5.56 Å². The zero-order valence-corrected chi connectivity index (χ0v) is 22.4. The number of hydrogen-bond donors (Lipinski definition) is 3. The van der Waals surface area contributed by atoms with E-state index in [0.717, 1.165) is 0 Å². The molecule has 4 rings (SSSR count). The van der Waals surface area contributed by atoms with Crippen LogP contribution in [-0.4, -0.2) is 38.8 Å². The van der Waals surface area contributed by atoms with Crippen LogP contribution < -0.4 is 10.5 Å². The van der Waals surface area contributed by atoms with E-state index in [1.165, 1.54) is 42.2 Å². The van der Waals surface area contributed by atoms with E-state index in [2.05, 4.69) is 5.32 Å². The van der Waals surface area contributed by atoms with Crippen molar-refractivity contribution in [1.82, 2.24) is 4.90 Å². The third-order valence-corrected chi connectivity index (χ3v) is 9.02. The summed E-state index contributed by atoms with van der Waals surface area (Å²) >= 11 is 0. The van der Waals surface area contributed by atoms with E-state index in [1.54, 1.807) is 12.1 Å². The number of amides is 1. The van der Waals surface area contributed by atoms with Gasteiger partial charge in [-0.25, -0.2) is 26.4 Å². The highest BCUT2D eigenvalue weighted by molar-refractivity contribution is 7.95. The van der Waals surface area contributed by atoms with E-state index in [-0.39, 0.29) is 44.6 Å². The van der Waals surface area contributed by atoms with E-state index in [4.69, 9.17) is 5.14 Å². The first kappa shape index (κ1) is 26.8. The lowest BCUT2D eigenvalue weighted by molar-refractivity contribution is -0.129. The van der Waals surface area contributed by atoms with Crippen LogP contribution in [-0.2, 0) is 37.0 Å². The van der Waals surface area contributed by atoms with Crippen LogP contribution in [0.4, 0.5) is 10.1 Å². The third-order valence-electron chi connectivity index (χ3n) is 6.36. The maximum atomic E-state index is 13.7. The van der Waals surface area contributed by atoms with Crippen LogP contribution >= 0.6 is 0 Å². The number of anilines is 1. The predicted molar refractivity (Wildman–Crippen MR) is 137 cm³/mol. The first-order valence-corrected chi connectivity index (χ1v) is 14.6. The molecule has 1 atom stereocenters. The fourth-order valence-electron chi connectivity index (χ4n) is 4.69. The van der Waals surface area contributed by atoms with E-state index in [9.17, 15) is 31.1 Å². The minimum atomic E-state index is -4.14. The molecule has 2 aliphatic rings. The van der Waals surface area contributed by atoms with Gasteiger partial charge < -0.3 is 15.3 Å². The molecule has 1 amide bonds.